The van der Waals surface area contributed by atoms with Crippen LogP contribution in [0.2, 0.25) is 0 Å². The molecule has 0 unspecified atom stereocenters. The van der Waals surface area contributed by atoms with Crippen molar-refractivity contribution in [2.75, 3.05) is 0 Å². The minimum absolute atomic E-state index is 0.165. The Morgan fingerprint density at radius 1 is 1.16 bits per heavy atom. The van der Waals surface area contributed by atoms with Crippen LogP contribution >= 0.6 is 0 Å². The minimum atomic E-state index is 0.165. The van der Waals surface area contributed by atoms with E-state index in [-0.39, 0.29) is 11.9 Å². The average Bonchev–Trinajstić information content (AvgIpc) is 2.48. The molecule has 0 amide bonds. The van der Waals surface area contributed by atoms with Gasteiger partial charge in [0.05, 0.1) is 11.7 Å². The second-order valence-corrected chi connectivity index (χ2v) is 5.44. The molecule has 0 N–H and O–H groups in total. The van der Waals surface area contributed by atoms with Gasteiger partial charge in [-0.25, -0.2) is 0 Å². The van der Waals surface area contributed by atoms with Gasteiger partial charge >= 0.3 is 0 Å². The number of Topliss-reactive ketones (excluding diaryl/α,β-unsaturated/α-hetero) is 1. The van der Waals surface area contributed by atoms with E-state index in [1.54, 1.807) is 0 Å². The van der Waals surface area contributed by atoms with Gasteiger partial charge in [-0.05, 0) is 43.7 Å². The van der Waals surface area contributed by atoms with E-state index in [0.717, 1.165) is 30.1 Å². The van der Waals surface area contributed by atoms with E-state index in [9.17, 15) is 4.79 Å². The Hall–Kier alpha value is -1.31. The zero-order valence-corrected chi connectivity index (χ0v) is 12.0. The van der Waals surface area contributed by atoms with Crippen molar-refractivity contribution in [2.24, 2.45) is 5.92 Å². The molecule has 19 heavy (non-hydrogen) atoms. The predicted octanol–water partition coefficient (Wildman–Crippen LogP) is 4.63. The molecular weight excluding hydrogens is 236 g/mol. The van der Waals surface area contributed by atoms with E-state index in [1.807, 2.05) is 31.2 Å². The number of carbonyl (C=O) groups excluding carboxylic acids is 1. The van der Waals surface area contributed by atoms with E-state index >= 15 is 0 Å². The molecule has 1 saturated carbocycles. The lowest BCUT2D eigenvalue weighted by molar-refractivity contribution is 0.0969. The molecule has 1 fully saturated rings. The topological polar surface area (TPSA) is 26.3 Å². The Morgan fingerprint density at radius 3 is 2.47 bits per heavy atom. The largest absolute Gasteiger partial charge is 0.490 e. The van der Waals surface area contributed by atoms with Gasteiger partial charge in [0, 0.05) is 6.42 Å². The lowest BCUT2D eigenvalue weighted by Gasteiger charge is -2.28. The highest BCUT2D eigenvalue weighted by molar-refractivity contribution is 5.98. The maximum absolute atomic E-state index is 11.9. The van der Waals surface area contributed by atoms with E-state index in [4.69, 9.17) is 4.74 Å². The van der Waals surface area contributed by atoms with Crippen molar-refractivity contribution in [3.63, 3.8) is 0 Å². The molecule has 1 aromatic rings. The van der Waals surface area contributed by atoms with Crippen LogP contribution in [-0.2, 0) is 0 Å². The third kappa shape index (κ3) is 3.59. The minimum Gasteiger partial charge on any atom is -0.490 e. The normalized spacial score (nSPS) is 23.1. The van der Waals surface area contributed by atoms with Crippen LogP contribution in [0.3, 0.4) is 0 Å². The van der Waals surface area contributed by atoms with Crippen molar-refractivity contribution in [2.45, 2.75) is 58.5 Å². The van der Waals surface area contributed by atoms with Gasteiger partial charge in [-0.2, -0.15) is 0 Å². The standard InChI is InChI=1S/C17H24O2/c1-3-13-9-11-14(12-10-13)19-17-8-6-5-7-15(17)16(18)4-2/h5-8,13-14H,3-4,9-12H2,1-2H3. The highest BCUT2D eigenvalue weighted by Crippen LogP contribution is 2.30. The predicted molar refractivity (Wildman–Crippen MR) is 77.7 cm³/mol. The highest BCUT2D eigenvalue weighted by atomic mass is 16.5. The Bertz CT molecular complexity index is 417. The summed E-state index contributed by atoms with van der Waals surface area (Å²) in [5.41, 5.74) is 0.739. The highest BCUT2D eigenvalue weighted by Gasteiger charge is 2.22. The maximum Gasteiger partial charge on any atom is 0.166 e. The van der Waals surface area contributed by atoms with Crippen LogP contribution in [0.25, 0.3) is 0 Å². The van der Waals surface area contributed by atoms with E-state index < -0.39 is 0 Å². The molecule has 0 bridgehead atoms. The van der Waals surface area contributed by atoms with Gasteiger partial charge in [0.25, 0.3) is 0 Å². The van der Waals surface area contributed by atoms with Crippen LogP contribution < -0.4 is 4.74 Å². The molecule has 0 atom stereocenters. The van der Waals surface area contributed by atoms with Crippen LogP contribution in [0.15, 0.2) is 24.3 Å². The fraction of sp³-hybridized carbons (Fsp3) is 0.588. The molecule has 104 valence electrons. The molecule has 0 spiro atoms. The van der Waals surface area contributed by atoms with Crippen LogP contribution in [0.4, 0.5) is 0 Å². The number of carbonyl (C=O) groups is 1. The molecule has 1 aliphatic carbocycles. The van der Waals surface area contributed by atoms with Crippen molar-refractivity contribution in [3.05, 3.63) is 29.8 Å². The maximum atomic E-state index is 11.9. The molecule has 0 heterocycles. The fourth-order valence-electron chi connectivity index (χ4n) is 2.83. The lowest BCUT2D eigenvalue weighted by Crippen LogP contribution is -2.24. The van der Waals surface area contributed by atoms with Crippen molar-refractivity contribution < 1.29 is 9.53 Å². The van der Waals surface area contributed by atoms with Crippen LogP contribution in [0.5, 0.6) is 5.75 Å². The summed E-state index contributed by atoms with van der Waals surface area (Å²) in [7, 11) is 0. The number of benzene rings is 1. The smallest absolute Gasteiger partial charge is 0.166 e. The first-order valence-electron chi connectivity index (χ1n) is 7.53. The summed E-state index contributed by atoms with van der Waals surface area (Å²) in [6, 6.07) is 7.65. The summed E-state index contributed by atoms with van der Waals surface area (Å²) in [4.78, 5) is 11.9. The Kier molecular flexibility index (Phi) is 5.00. The number of hydrogen-bond acceptors (Lipinski definition) is 2. The van der Waals surface area contributed by atoms with E-state index in [1.165, 1.54) is 19.3 Å². The molecule has 0 aliphatic heterocycles. The zero-order valence-electron chi connectivity index (χ0n) is 12.0. The molecule has 2 heteroatoms. The molecule has 0 aromatic heterocycles. The third-order valence-corrected chi connectivity index (χ3v) is 4.17. The molecule has 0 saturated heterocycles. The fourth-order valence-corrected chi connectivity index (χ4v) is 2.83. The molecular formula is C17H24O2. The van der Waals surface area contributed by atoms with Gasteiger partial charge in [-0.3, -0.25) is 4.79 Å². The van der Waals surface area contributed by atoms with Crippen molar-refractivity contribution in [3.8, 4) is 5.75 Å². The monoisotopic (exact) mass is 260 g/mol. The lowest BCUT2D eigenvalue weighted by atomic mass is 9.86. The summed E-state index contributed by atoms with van der Waals surface area (Å²) in [5, 5.41) is 0. The molecule has 2 rings (SSSR count). The van der Waals surface area contributed by atoms with Gasteiger partial charge in [-0.1, -0.05) is 32.4 Å². The Balaban J connectivity index is 2.01. The second-order valence-electron chi connectivity index (χ2n) is 5.44. The number of hydrogen-bond donors (Lipinski definition) is 0. The van der Waals surface area contributed by atoms with Gasteiger partial charge < -0.3 is 4.74 Å². The Morgan fingerprint density at radius 2 is 1.84 bits per heavy atom. The van der Waals surface area contributed by atoms with Crippen molar-refractivity contribution in [1.29, 1.82) is 0 Å². The summed E-state index contributed by atoms with van der Waals surface area (Å²) in [6.07, 6.45) is 6.84. The van der Waals surface area contributed by atoms with Crippen molar-refractivity contribution in [1.82, 2.24) is 0 Å². The van der Waals surface area contributed by atoms with Crippen LogP contribution in [0.1, 0.15) is 62.7 Å². The van der Waals surface area contributed by atoms with E-state index in [0.29, 0.717) is 6.42 Å². The number of ether oxygens (including phenoxy) is 1. The van der Waals surface area contributed by atoms with Gasteiger partial charge in [-0.15, -0.1) is 0 Å². The average molecular weight is 260 g/mol. The second kappa shape index (κ2) is 6.74. The van der Waals surface area contributed by atoms with Gasteiger partial charge in [0.1, 0.15) is 5.75 Å². The van der Waals surface area contributed by atoms with Gasteiger partial charge in [0.15, 0.2) is 5.78 Å². The van der Waals surface area contributed by atoms with Crippen molar-refractivity contribution >= 4 is 5.78 Å². The van der Waals surface area contributed by atoms with E-state index in [2.05, 4.69) is 6.92 Å². The Labute approximate surface area is 116 Å². The molecule has 0 radical (unpaired) electrons. The van der Waals surface area contributed by atoms with Gasteiger partial charge in [0.2, 0.25) is 0 Å². The number of para-hydroxylation sites is 1. The molecule has 1 aromatic carbocycles. The van der Waals surface area contributed by atoms with Crippen LogP contribution in [0, 0.1) is 5.92 Å². The SMILES string of the molecule is CCC(=O)c1ccccc1OC1CCC(CC)CC1. The molecule has 2 nitrogen and oxygen atoms in total. The first-order valence-corrected chi connectivity index (χ1v) is 7.53. The summed E-state index contributed by atoms with van der Waals surface area (Å²) in [5.74, 6) is 1.81. The summed E-state index contributed by atoms with van der Waals surface area (Å²) < 4.78 is 6.08. The number of rotatable bonds is 5. The third-order valence-electron chi connectivity index (χ3n) is 4.17. The first kappa shape index (κ1) is 14.1. The quantitative estimate of drug-likeness (QED) is 0.722. The summed E-state index contributed by atoms with van der Waals surface area (Å²) >= 11 is 0. The molecule has 1 aliphatic rings. The summed E-state index contributed by atoms with van der Waals surface area (Å²) in [6.45, 7) is 4.16. The first-order chi connectivity index (χ1) is 9.24. The number of ketones is 1. The van der Waals surface area contributed by atoms with Crippen LogP contribution in [-0.4, -0.2) is 11.9 Å². The zero-order chi connectivity index (χ0) is 13.7.